The van der Waals surface area contributed by atoms with Gasteiger partial charge in [-0.3, -0.25) is 14.7 Å². The summed E-state index contributed by atoms with van der Waals surface area (Å²) in [6, 6.07) is 14.1. The van der Waals surface area contributed by atoms with Crippen LogP contribution in [0.3, 0.4) is 0 Å². The smallest absolute Gasteiger partial charge is 0.286 e. The molecule has 0 saturated carbocycles. The molecule has 3 aromatic heterocycles. The Labute approximate surface area is 211 Å². The van der Waals surface area contributed by atoms with Crippen molar-refractivity contribution in [3.63, 3.8) is 0 Å². The molecule has 0 saturated heterocycles. The number of oxazole rings is 1. The molecule has 10 nitrogen and oxygen atoms in total. The average Bonchev–Trinajstić information content (AvgIpc) is 3.47. The van der Waals surface area contributed by atoms with Gasteiger partial charge >= 0.3 is 0 Å². The van der Waals surface area contributed by atoms with Crippen LogP contribution in [0.15, 0.2) is 57.7 Å². The number of amides is 1. The molecule has 0 aliphatic heterocycles. The van der Waals surface area contributed by atoms with Crippen LogP contribution in [0.2, 0.25) is 0 Å². The van der Waals surface area contributed by atoms with Crippen molar-refractivity contribution in [1.82, 2.24) is 24.9 Å². The largest absolute Gasteiger partial charge is 0.494 e. The van der Waals surface area contributed by atoms with Crippen LogP contribution in [-0.4, -0.2) is 50.4 Å². The lowest BCUT2D eigenvalue weighted by molar-refractivity contribution is 0.0892. The Kier molecular flexibility index (Phi) is 6.26. The molecule has 3 heterocycles. The van der Waals surface area contributed by atoms with Crippen molar-refractivity contribution in [1.29, 1.82) is 0 Å². The van der Waals surface area contributed by atoms with Crippen molar-refractivity contribution in [2.24, 2.45) is 5.92 Å². The predicted octanol–water partition coefficient (Wildman–Crippen LogP) is 3.56. The first-order valence-corrected chi connectivity index (χ1v) is 11.9. The maximum Gasteiger partial charge on any atom is 0.286 e. The van der Waals surface area contributed by atoms with Gasteiger partial charge in [0.15, 0.2) is 16.7 Å². The van der Waals surface area contributed by atoms with Gasteiger partial charge in [0.05, 0.1) is 19.8 Å². The highest BCUT2D eigenvalue weighted by Gasteiger charge is 2.29. The molecule has 1 amide bonds. The van der Waals surface area contributed by atoms with E-state index in [9.17, 15) is 14.7 Å². The molecule has 0 aliphatic carbocycles. The van der Waals surface area contributed by atoms with Crippen LogP contribution in [0.1, 0.15) is 30.0 Å². The van der Waals surface area contributed by atoms with Crippen LogP contribution in [0.5, 0.6) is 5.75 Å². The van der Waals surface area contributed by atoms with Gasteiger partial charge in [-0.05, 0) is 30.5 Å². The van der Waals surface area contributed by atoms with E-state index in [-0.39, 0.29) is 29.7 Å². The molecule has 0 unspecified atom stereocenters. The number of ether oxygens (including phenoxy) is 1. The molecule has 5 aromatic rings. The number of aromatic amines is 1. The fourth-order valence-electron chi connectivity index (χ4n) is 4.35. The first-order valence-electron chi connectivity index (χ1n) is 11.9. The Hall–Kier alpha value is -4.44. The average molecular weight is 502 g/mol. The zero-order chi connectivity index (χ0) is 26.3. The molecule has 37 heavy (non-hydrogen) atoms. The highest BCUT2D eigenvalue weighted by Crippen LogP contribution is 2.32. The summed E-state index contributed by atoms with van der Waals surface area (Å²) in [6.07, 6.45) is 0. The van der Waals surface area contributed by atoms with Gasteiger partial charge < -0.3 is 19.6 Å². The van der Waals surface area contributed by atoms with Crippen LogP contribution < -0.4 is 15.6 Å². The first-order chi connectivity index (χ1) is 17.8. The van der Waals surface area contributed by atoms with Crippen molar-refractivity contribution in [3.05, 3.63) is 70.3 Å². The number of H-pyrrole nitrogens is 1. The lowest BCUT2D eigenvalue weighted by atomic mass is 10.0. The Bertz CT molecular complexity index is 1670. The molecule has 0 radical (unpaired) electrons. The monoisotopic (exact) mass is 501 g/mol. The van der Waals surface area contributed by atoms with E-state index in [1.54, 1.807) is 18.2 Å². The molecule has 10 heteroatoms. The minimum Gasteiger partial charge on any atom is -0.494 e. The Balaban J connectivity index is 1.80. The maximum atomic E-state index is 13.9. The van der Waals surface area contributed by atoms with Crippen molar-refractivity contribution < 1.29 is 19.1 Å². The van der Waals surface area contributed by atoms with Gasteiger partial charge in [0.2, 0.25) is 5.89 Å². The number of fused-ring (bicyclic) bond motifs is 2. The molecule has 0 spiro atoms. The third-order valence-electron chi connectivity index (χ3n) is 6.37. The molecule has 3 N–H and O–H groups in total. The summed E-state index contributed by atoms with van der Waals surface area (Å²) in [4.78, 5) is 36.6. The number of methoxy groups -OCH3 is 1. The van der Waals surface area contributed by atoms with Crippen LogP contribution in [0.25, 0.3) is 39.3 Å². The summed E-state index contributed by atoms with van der Waals surface area (Å²) in [6.45, 7) is 5.33. The predicted molar refractivity (Wildman–Crippen MR) is 139 cm³/mol. The fraction of sp³-hybridized carbons (Fsp3) is 0.259. The van der Waals surface area contributed by atoms with E-state index < -0.39 is 17.5 Å². The van der Waals surface area contributed by atoms with Crippen LogP contribution in [0, 0.1) is 12.8 Å². The third-order valence-corrected chi connectivity index (χ3v) is 6.37. The summed E-state index contributed by atoms with van der Waals surface area (Å²) < 4.78 is 12.6. The zero-order valence-electron chi connectivity index (χ0n) is 20.9. The van der Waals surface area contributed by atoms with Gasteiger partial charge in [-0.1, -0.05) is 50.2 Å². The topological polar surface area (TPSA) is 135 Å². The summed E-state index contributed by atoms with van der Waals surface area (Å²) in [5, 5.41) is 15.7. The number of para-hydroxylation sites is 1. The van der Waals surface area contributed by atoms with E-state index in [1.807, 2.05) is 51.1 Å². The van der Waals surface area contributed by atoms with Crippen molar-refractivity contribution in [3.8, 4) is 28.3 Å². The van der Waals surface area contributed by atoms with Crippen molar-refractivity contribution in [2.75, 3.05) is 13.7 Å². The van der Waals surface area contributed by atoms with E-state index in [4.69, 9.17) is 9.15 Å². The van der Waals surface area contributed by atoms with E-state index in [0.29, 0.717) is 33.8 Å². The first kappa shape index (κ1) is 24.3. The number of rotatable bonds is 7. The lowest BCUT2D eigenvalue weighted by Crippen LogP contribution is -2.42. The Morgan fingerprint density at radius 2 is 1.89 bits per heavy atom. The molecule has 2 aromatic carbocycles. The number of aryl methyl sites for hydroxylation is 1. The quantitative estimate of drug-likeness (QED) is 0.310. The molecule has 0 aliphatic rings. The van der Waals surface area contributed by atoms with Crippen LogP contribution in [0.4, 0.5) is 0 Å². The summed E-state index contributed by atoms with van der Waals surface area (Å²) in [5.74, 6) is -0.260. The number of aliphatic hydroxyl groups is 1. The highest BCUT2D eigenvalue weighted by molar-refractivity contribution is 6.00. The number of nitrogens with zero attached hydrogens (tertiary/aromatic N) is 3. The second kappa shape index (κ2) is 9.55. The van der Waals surface area contributed by atoms with Gasteiger partial charge in [0.1, 0.15) is 17.0 Å². The van der Waals surface area contributed by atoms with Crippen LogP contribution >= 0.6 is 0 Å². The minimum absolute atomic E-state index is 0.0507. The maximum absolute atomic E-state index is 13.9. The fourth-order valence-corrected chi connectivity index (χ4v) is 4.35. The number of aromatic nitrogens is 4. The molecule has 190 valence electrons. The second-order valence-electron chi connectivity index (χ2n) is 9.11. The molecular weight excluding hydrogens is 474 g/mol. The standard InChI is InChI=1S/C27H27N5O5/c1-14(2)17(13-33)28-25(34)23-21(26-30-22-18(36-4)11-8-12-19(22)37-26)27(35)32-24(29-23)20(15(3)31-32)16-9-6-5-7-10-16/h5-12,14,17,31,33H,13H2,1-4H3,(H,28,34)/t17-/m1/s1. The minimum atomic E-state index is -0.616. The second-order valence-corrected chi connectivity index (χ2v) is 9.11. The number of aliphatic hydroxyl groups excluding tert-OH is 1. The van der Waals surface area contributed by atoms with E-state index in [0.717, 1.165) is 5.56 Å². The number of hydrogen-bond acceptors (Lipinski definition) is 7. The number of carbonyl (C=O) groups excluding carboxylic acids is 1. The Morgan fingerprint density at radius 3 is 2.57 bits per heavy atom. The third kappa shape index (κ3) is 4.15. The number of nitrogens with one attached hydrogen (secondary N) is 2. The zero-order valence-corrected chi connectivity index (χ0v) is 20.9. The van der Waals surface area contributed by atoms with Gasteiger partial charge in [-0.25, -0.2) is 14.5 Å². The van der Waals surface area contributed by atoms with E-state index in [2.05, 4.69) is 20.4 Å². The van der Waals surface area contributed by atoms with Gasteiger partial charge in [-0.15, -0.1) is 0 Å². The van der Waals surface area contributed by atoms with Crippen molar-refractivity contribution >= 4 is 22.7 Å². The summed E-state index contributed by atoms with van der Waals surface area (Å²) >= 11 is 0. The van der Waals surface area contributed by atoms with Crippen LogP contribution in [-0.2, 0) is 0 Å². The van der Waals surface area contributed by atoms with E-state index >= 15 is 0 Å². The molecule has 5 rings (SSSR count). The molecular formula is C27H27N5O5. The van der Waals surface area contributed by atoms with Gasteiger partial charge in [-0.2, -0.15) is 0 Å². The van der Waals surface area contributed by atoms with Crippen molar-refractivity contribution in [2.45, 2.75) is 26.8 Å². The lowest BCUT2D eigenvalue weighted by Gasteiger charge is -2.20. The van der Waals surface area contributed by atoms with Gasteiger partial charge in [0, 0.05) is 11.3 Å². The Morgan fingerprint density at radius 1 is 1.14 bits per heavy atom. The number of hydrogen-bond donors (Lipinski definition) is 3. The molecule has 0 fully saturated rings. The normalized spacial score (nSPS) is 12.4. The summed E-state index contributed by atoms with van der Waals surface area (Å²) in [7, 11) is 1.51. The molecule has 1 atom stereocenters. The highest BCUT2D eigenvalue weighted by atomic mass is 16.5. The van der Waals surface area contributed by atoms with E-state index in [1.165, 1.54) is 11.6 Å². The van der Waals surface area contributed by atoms with Gasteiger partial charge in [0.25, 0.3) is 11.5 Å². The SMILES string of the molecule is COc1cccc2oc(-c3c(C(=O)N[C@H](CO)C(C)C)nc4c(-c5ccccc5)c(C)[nH]n4c3=O)nc12. The number of benzene rings is 2. The number of carbonyl (C=O) groups is 1. The summed E-state index contributed by atoms with van der Waals surface area (Å²) in [5.41, 5.74) is 2.55. The molecule has 0 bridgehead atoms.